The van der Waals surface area contributed by atoms with Crippen molar-refractivity contribution in [2.45, 2.75) is 32.6 Å². The van der Waals surface area contributed by atoms with E-state index in [2.05, 4.69) is 32.9 Å². The highest BCUT2D eigenvalue weighted by atomic mass is 35.5. The summed E-state index contributed by atoms with van der Waals surface area (Å²) in [4.78, 5) is 0. The number of aryl methyl sites for hydroxylation is 1. The SMILES string of the molecule is Cc1cc(Oc2ccc(Cl)cc2CCl)ccc1C(C)C. The molecule has 0 aliphatic rings. The minimum absolute atomic E-state index is 0.374. The van der Waals surface area contributed by atoms with Crippen LogP contribution in [0.1, 0.15) is 36.5 Å². The Kier molecular flexibility index (Phi) is 4.95. The van der Waals surface area contributed by atoms with Crippen LogP contribution in [0.25, 0.3) is 0 Å². The maximum absolute atomic E-state index is 5.97. The third kappa shape index (κ3) is 3.47. The third-order valence-corrected chi connectivity index (χ3v) is 3.78. The normalized spacial score (nSPS) is 10.9. The first-order valence-electron chi connectivity index (χ1n) is 6.64. The van der Waals surface area contributed by atoms with Crippen LogP contribution in [0.4, 0.5) is 0 Å². The van der Waals surface area contributed by atoms with Gasteiger partial charge in [-0.2, -0.15) is 0 Å². The van der Waals surface area contributed by atoms with Gasteiger partial charge in [-0.25, -0.2) is 0 Å². The van der Waals surface area contributed by atoms with E-state index in [1.165, 1.54) is 11.1 Å². The largest absolute Gasteiger partial charge is 0.457 e. The summed E-state index contributed by atoms with van der Waals surface area (Å²) in [5.74, 6) is 2.46. The summed E-state index contributed by atoms with van der Waals surface area (Å²) in [6.07, 6.45) is 0. The van der Waals surface area contributed by atoms with Crippen LogP contribution in [-0.2, 0) is 5.88 Å². The smallest absolute Gasteiger partial charge is 0.131 e. The molecule has 0 N–H and O–H groups in total. The zero-order chi connectivity index (χ0) is 14.7. The van der Waals surface area contributed by atoms with Crippen molar-refractivity contribution in [3.63, 3.8) is 0 Å². The number of hydrogen-bond acceptors (Lipinski definition) is 1. The molecule has 2 aromatic rings. The van der Waals surface area contributed by atoms with Crippen LogP contribution in [-0.4, -0.2) is 0 Å². The summed E-state index contributed by atoms with van der Waals surface area (Å²) in [6, 6.07) is 11.7. The minimum atomic E-state index is 0.374. The van der Waals surface area contributed by atoms with E-state index in [4.69, 9.17) is 27.9 Å². The van der Waals surface area contributed by atoms with Crippen LogP contribution in [0.5, 0.6) is 11.5 Å². The van der Waals surface area contributed by atoms with E-state index < -0.39 is 0 Å². The topological polar surface area (TPSA) is 9.23 Å². The summed E-state index contributed by atoms with van der Waals surface area (Å²) < 4.78 is 5.93. The second-order valence-corrected chi connectivity index (χ2v) is 5.86. The first-order valence-corrected chi connectivity index (χ1v) is 7.55. The van der Waals surface area contributed by atoms with Crippen molar-refractivity contribution in [2.24, 2.45) is 0 Å². The molecule has 0 aromatic heterocycles. The van der Waals surface area contributed by atoms with Gasteiger partial charge in [0.05, 0.1) is 5.88 Å². The predicted molar refractivity (Wildman–Crippen MR) is 86.4 cm³/mol. The van der Waals surface area contributed by atoms with Crippen LogP contribution < -0.4 is 4.74 Å². The van der Waals surface area contributed by atoms with Gasteiger partial charge in [0.2, 0.25) is 0 Å². The molecule has 0 saturated heterocycles. The van der Waals surface area contributed by atoms with Gasteiger partial charge in [0.15, 0.2) is 0 Å². The first kappa shape index (κ1) is 15.2. The molecule has 0 aliphatic carbocycles. The predicted octanol–water partition coefficient (Wildman–Crippen LogP) is 6.30. The van der Waals surface area contributed by atoms with Gasteiger partial charge in [-0.1, -0.05) is 31.5 Å². The summed E-state index contributed by atoms with van der Waals surface area (Å²) in [6.45, 7) is 6.48. The van der Waals surface area contributed by atoms with Crippen molar-refractivity contribution in [1.82, 2.24) is 0 Å². The quantitative estimate of drug-likeness (QED) is 0.602. The molecule has 0 unspecified atom stereocenters. The van der Waals surface area contributed by atoms with Crippen molar-refractivity contribution < 1.29 is 4.74 Å². The molecule has 0 spiro atoms. The fourth-order valence-electron chi connectivity index (χ4n) is 2.24. The zero-order valence-corrected chi connectivity index (χ0v) is 13.4. The molecule has 2 aromatic carbocycles. The standard InChI is InChI=1S/C17H18Cl2O/c1-11(2)16-6-5-15(8-12(16)3)20-17-7-4-14(19)9-13(17)10-18/h4-9,11H,10H2,1-3H3. The average molecular weight is 309 g/mol. The maximum Gasteiger partial charge on any atom is 0.131 e. The molecular weight excluding hydrogens is 291 g/mol. The van der Waals surface area contributed by atoms with Crippen LogP contribution in [0.15, 0.2) is 36.4 Å². The lowest BCUT2D eigenvalue weighted by Gasteiger charge is -2.14. The van der Waals surface area contributed by atoms with Crippen LogP contribution in [0.2, 0.25) is 5.02 Å². The van der Waals surface area contributed by atoms with Gasteiger partial charge in [0.1, 0.15) is 11.5 Å². The number of ether oxygens (including phenoxy) is 1. The van der Waals surface area contributed by atoms with Crippen molar-refractivity contribution in [3.05, 3.63) is 58.1 Å². The van der Waals surface area contributed by atoms with E-state index in [1.807, 2.05) is 24.3 Å². The number of rotatable bonds is 4. The molecule has 0 atom stereocenters. The van der Waals surface area contributed by atoms with Crippen molar-refractivity contribution in [3.8, 4) is 11.5 Å². The molecule has 0 saturated carbocycles. The fourth-order valence-corrected chi connectivity index (χ4v) is 2.64. The molecule has 20 heavy (non-hydrogen) atoms. The van der Waals surface area contributed by atoms with Gasteiger partial charge in [-0.05, 0) is 54.3 Å². The van der Waals surface area contributed by atoms with Crippen molar-refractivity contribution >= 4 is 23.2 Å². The molecule has 3 heteroatoms. The van der Waals surface area contributed by atoms with Crippen LogP contribution in [0, 0.1) is 6.92 Å². The van der Waals surface area contributed by atoms with E-state index in [-0.39, 0.29) is 0 Å². The second kappa shape index (κ2) is 6.51. The molecule has 0 bridgehead atoms. The lowest BCUT2D eigenvalue weighted by Crippen LogP contribution is -1.94. The molecule has 0 heterocycles. The molecule has 2 rings (SSSR count). The van der Waals surface area contributed by atoms with Crippen molar-refractivity contribution in [2.75, 3.05) is 0 Å². The molecular formula is C17H18Cl2O. The number of benzene rings is 2. The van der Waals surface area contributed by atoms with Crippen LogP contribution >= 0.6 is 23.2 Å². The lowest BCUT2D eigenvalue weighted by atomic mass is 9.98. The third-order valence-electron chi connectivity index (χ3n) is 3.26. The Labute approximate surface area is 130 Å². The summed E-state index contributed by atoms with van der Waals surface area (Å²) in [5, 5.41) is 0.666. The van der Waals surface area contributed by atoms with E-state index in [1.54, 1.807) is 0 Å². The Balaban J connectivity index is 2.28. The molecule has 0 fully saturated rings. The number of hydrogen-bond donors (Lipinski definition) is 0. The van der Waals surface area contributed by atoms with Gasteiger partial charge >= 0.3 is 0 Å². The molecule has 106 valence electrons. The van der Waals surface area contributed by atoms with Crippen molar-refractivity contribution in [1.29, 1.82) is 0 Å². The fraction of sp³-hybridized carbons (Fsp3) is 0.294. The Hall–Kier alpha value is -1.18. The van der Waals surface area contributed by atoms with Gasteiger partial charge in [-0.15, -0.1) is 11.6 Å². The average Bonchev–Trinajstić information content (AvgIpc) is 2.40. The van der Waals surface area contributed by atoms with Crippen LogP contribution in [0.3, 0.4) is 0 Å². The highest BCUT2D eigenvalue weighted by Crippen LogP contribution is 2.31. The zero-order valence-electron chi connectivity index (χ0n) is 11.9. The Morgan fingerprint density at radius 1 is 1.10 bits per heavy atom. The van der Waals surface area contributed by atoms with E-state index in [0.29, 0.717) is 16.8 Å². The Morgan fingerprint density at radius 3 is 2.45 bits per heavy atom. The van der Waals surface area contributed by atoms with Gasteiger partial charge in [0, 0.05) is 10.6 Å². The highest BCUT2D eigenvalue weighted by Gasteiger charge is 2.08. The highest BCUT2D eigenvalue weighted by molar-refractivity contribution is 6.30. The lowest BCUT2D eigenvalue weighted by molar-refractivity contribution is 0.477. The monoisotopic (exact) mass is 308 g/mol. The molecule has 1 nitrogen and oxygen atoms in total. The molecule has 0 amide bonds. The Bertz CT molecular complexity index is 606. The van der Waals surface area contributed by atoms with Gasteiger partial charge in [0.25, 0.3) is 0 Å². The molecule has 0 radical (unpaired) electrons. The summed E-state index contributed by atoms with van der Waals surface area (Å²) in [5.41, 5.74) is 3.47. The summed E-state index contributed by atoms with van der Waals surface area (Å²) in [7, 11) is 0. The van der Waals surface area contributed by atoms with E-state index >= 15 is 0 Å². The van der Waals surface area contributed by atoms with Gasteiger partial charge in [-0.3, -0.25) is 0 Å². The maximum atomic E-state index is 5.97. The second-order valence-electron chi connectivity index (χ2n) is 5.16. The van der Waals surface area contributed by atoms with E-state index in [9.17, 15) is 0 Å². The summed E-state index contributed by atoms with van der Waals surface area (Å²) >= 11 is 11.9. The van der Waals surface area contributed by atoms with Gasteiger partial charge < -0.3 is 4.74 Å². The number of alkyl halides is 1. The molecule has 0 aliphatic heterocycles. The Morgan fingerprint density at radius 2 is 1.85 bits per heavy atom. The first-order chi connectivity index (χ1) is 9.51. The van der Waals surface area contributed by atoms with E-state index in [0.717, 1.165) is 17.1 Å². The minimum Gasteiger partial charge on any atom is -0.457 e. The number of halogens is 2.